The second-order valence-corrected chi connectivity index (χ2v) is 6.68. The number of primary amides is 1. The lowest BCUT2D eigenvalue weighted by atomic mass is 10.3. The third kappa shape index (κ3) is 3.78. The Morgan fingerprint density at radius 2 is 2.07 bits per heavy atom. The first-order valence-electron chi connectivity index (χ1n) is 8.18. The van der Waals surface area contributed by atoms with Crippen LogP contribution < -0.4 is 20.5 Å². The molecule has 11 heteroatoms. The Kier molecular flexibility index (Phi) is 4.89. The molecule has 1 aliphatic rings. The van der Waals surface area contributed by atoms with Crippen molar-refractivity contribution < 1.29 is 23.5 Å². The molecule has 0 bridgehead atoms. The number of furan rings is 1. The van der Waals surface area contributed by atoms with Crippen molar-refractivity contribution in [1.29, 1.82) is 0 Å². The van der Waals surface area contributed by atoms with Crippen LogP contribution in [0.15, 0.2) is 46.2 Å². The van der Waals surface area contributed by atoms with Crippen LogP contribution >= 0.6 is 11.8 Å². The monoisotopic (exact) mass is 401 g/mol. The van der Waals surface area contributed by atoms with Crippen molar-refractivity contribution in [3.63, 3.8) is 0 Å². The number of carbonyl (C=O) groups excluding carboxylic acids is 2. The first-order valence-corrected chi connectivity index (χ1v) is 9.16. The van der Waals surface area contributed by atoms with Crippen LogP contribution in [0.1, 0.15) is 0 Å². The first kappa shape index (κ1) is 17.9. The number of carbonyl (C=O) groups is 2. The van der Waals surface area contributed by atoms with Crippen molar-refractivity contribution in [3.8, 4) is 23.1 Å². The lowest BCUT2D eigenvalue weighted by molar-refractivity contribution is -0.118. The van der Waals surface area contributed by atoms with Gasteiger partial charge in [0.05, 0.1) is 12.0 Å². The van der Waals surface area contributed by atoms with E-state index in [1.54, 1.807) is 30.3 Å². The van der Waals surface area contributed by atoms with Gasteiger partial charge in [-0.25, -0.2) is 0 Å². The molecule has 0 spiro atoms. The lowest BCUT2D eigenvalue weighted by Crippen LogP contribution is -2.20. The summed E-state index contributed by atoms with van der Waals surface area (Å²) in [6.45, 7) is 0.0330. The van der Waals surface area contributed by atoms with Crippen molar-refractivity contribution in [2.45, 2.75) is 11.7 Å². The van der Waals surface area contributed by atoms with Crippen LogP contribution in [0.4, 0.5) is 5.69 Å². The zero-order valence-electron chi connectivity index (χ0n) is 14.5. The molecule has 1 aliphatic heterocycles. The normalized spacial score (nSPS) is 12.1. The zero-order chi connectivity index (χ0) is 19.5. The Labute approximate surface area is 163 Å². The molecular weight excluding hydrogens is 386 g/mol. The number of nitrogens with zero attached hydrogens (tertiary/aromatic N) is 3. The number of nitrogens with one attached hydrogen (secondary N) is 1. The minimum Gasteiger partial charge on any atom is -0.461 e. The summed E-state index contributed by atoms with van der Waals surface area (Å²) in [7, 11) is 0. The number of thioether (sulfide) groups is 1. The molecule has 0 atom stereocenters. The smallest absolute Gasteiger partial charge is 0.237 e. The van der Waals surface area contributed by atoms with Gasteiger partial charge in [0, 0.05) is 11.8 Å². The molecule has 28 heavy (non-hydrogen) atoms. The highest BCUT2D eigenvalue weighted by Crippen LogP contribution is 2.34. The number of hydrogen-bond donors (Lipinski definition) is 2. The van der Waals surface area contributed by atoms with E-state index in [0.717, 1.165) is 11.8 Å². The number of rotatable bonds is 7. The molecule has 2 amide bonds. The summed E-state index contributed by atoms with van der Waals surface area (Å²) < 4.78 is 17.4. The Bertz CT molecular complexity index is 1020. The van der Waals surface area contributed by atoms with Gasteiger partial charge in [-0.05, 0) is 24.3 Å². The van der Waals surface area contributed by atoms with Crippen LogP contribution in [0.2, 0.25) is 0 Å². The molecule has 3 heterocycles. The van der Waals surface area contributed by atoms with Crippen LogP contribution in [0.25, 0.3) is 11.6 Å². The van der Waals surface area contributed by atoms with E-state index >= 15 is 0 Å². The van der Waals surface area contributed by atoms with Gasteiger partial charge in [-0.15, -0.1) is 10.2 Å². The molecule has 2 aromatic heterocycles. The summed E-state index contributed by atoms with van der Waals surface area (Å²) in [6.07, 6.45) is 1.49. The van der Waals surface area contributed by atoms with Gasteiger partial charge in [-0.2, -0.15) is 0 Å². The Balaban J connectivity index is 1.44. The van der Waals surface area contributed by atoms with Gasteiger partial charge >= 0.3 is 0 Å². The van der Waals surface area contributed by atoms with Crippen molar-refractivity contribution in [2.75, 3.05) is 17.9 Å². The van der Waals surface area contributed by atoms with Crippen LogP contribution in [0.3, 0.4) is 0 Å². The average molecular weight is 401 g/mol. The number of fused-ring (bicyclic) bond motifs is 1. The number of hydrogen-bond acceptors (Lipinski definition) is 8. The zero-order valence-corrected chi connectivity index (χ0v) is 15.3. The number of nitrogens with two attached hydrogens (primary N) is 1. The van der Waals surface area contributed by atoms with Crippen molar-refractivity contribution in [3.05, 3.63) is 36.6 Å². The number of aromatic nitrogens is 3. The van der Waals surface area contributed by atoms with Gasteiger partial charge < -0.3 is 24.9 Å². The largest absolute Gasteiger partial charge is 0.461 e. The summed E-state index contributed by atoms with van der Waals surface area (Å²) in [4.78, 5) is 23.7. The topological polar surface area (TPSA) is 134 Å². The van der Waals surface area contributed by atoms with Crippen molar-refractivity contribution in [2.24, 2.45) is 5.73 Å². The van der Waals surface area contributed by atoms with E-state index < -0.39 is 5.91 Å². The predicted molar refractivity (Wildman–Crippen MR) is 98.8 cm³/mol. The lowest BCUT2D eigenvalue weighted by Gasteiger charge is -2.08. The molecule has 3 aromatic rings. The summed E-state index contributed by atoms with van der Waals surface area (Å²) in [5.74, 6) is 1.28. The summed E-state index contributed by atoms with van der Waals surface area (Å²) >= 11 is 1.13. The van der Waals surface area contributed by atoms with Crippen LogP contribution in [0.5, 0.6) is 11.5 Å². The molecule has 0 unspecified atom stereocenters. The first-order chi connectivity index (χ1) is 13.6. The van der Waals surface area contributed by atoms with E-state index in [-0.39, 0.29) is 25.0 Å². The maximum atomic E-state index is 12.3. The molecular formula is C17H15N5O5S. The second kappa shape index (κ2) is 7.64. The quantitative estimate of drug-likeness (QED) is 0.569. The molecule has 3 N–H and O–H groups in total. The third-order valence-electron chi connectivity index (χ3n) is 3.76. The highest BCUT2D eigenvalue weighted by molar-refractivity contribution is 7.99. The van der Waals surface area contributed by atoms with Gasteiger partial charge in [0.1, 0.15) is 6.54 Å². The van der Waals surface area contributed by atoms with E-state index in [2.05, 4.69) is 15.5 Å². The Morgan fingerprint density at radius 1 is 1.21 bits per heavy atom. The second-order valence-electron chi connectivity index (χ2n) is 5.74. The minimum absolute atomic E-state index is 0.0590. The molecule has 0 radical (unpaired) electrons. The van der Waals surface area contributed by atoms with Gasteiger partial charge in [0.25, 0.3) is 0 Å². The Hall–Kier alpha value is -3.47. The molecule has 1 aromatic carbocycles. The van der Waals surface area contributed by atoms with E-state index in [4.69, 9.17) is 19.6 Å². The predicted octanol–water partition coefficient (Wildman–Crippen LogP) is 1.48. The van der Waals surface area contributed by atoms with Gasteiger partial charge in [-0.3, -0.25) is 14.2 Å². The fourth-order valence-electron chi connectivity index (χ4n) is 2.58. The van der Waals surface area contributed by atoms with Gasteiger partial charge in [0.2, 0.25) is 24.4 Å². The number of amides is 2. The minimum atomic E-state index is -0.556. The SMILES string of the molecule is NC(=O)Cn1c(SCC(=O)Nc2ccc3c(c2)OCO3)nnc1-c1ccco1. The van der Waals surface area contributed by atoms with E-state index in [1.807, 2.05) is 0 Å². The Morgan fingerprint density at radius 3 is 2.86 bits per heavy atom. The van der Waals surface area contributed by atoms with Gasteiger partial charge in [-0.1, -0.05) is 11.8 Å². The maximum Gasteiger partial charge on any atom is 0.237 e. The summed E-state index contributed by atoms with van der Waals surface area (Å²) in [5.41, 5.74) is 5.91. The molecule has 144 valence electrons. The summed E-state index contributed by atoms with van der Waals surface area (Å²) in [5, 5.41) is 11.2. The highest BCUT2D eigenvalue weighted by Gasteiger charge is 2.19. The molecule has 4 rings (SSSR count). The maximum absolute atomic E-state index is 12.3. The molecule has 10 nitrogen and oxygen atoms in total. The van der Waals surface area contributed by atoms with Crippen molar-refractivity contribution >= 4 is 29.3 Å². The average Bonchev–Trinajstić information content (AvgIpc) is 3.40. The highest BCUT2D eigenvalue weighted by atomic mass is 32.2. The van der Waals surface area contributed by atoms with E-state index in [9.17, 15) is 9.59 Å². The summed E-state index contributed by atoms with van der Waals surface area (Å²) in [6, 6.07) is 8.53. The van der Waals surface area contributed by atoms with Crippen molar-refractivity contribution in [1.82, 2.24) is 14.8 Å². The van der Waals surface area contributed by atoms with E-state index in [1.165, 1.54) is 10.8 Å². The van der Waals surface area contributed by atoms with Crippen LogP contribution in [-0.2, 0) is 16.1 Å². The molecule has 0 fully saturated rings. The molecule has 0 saturated heterocycles. The number of ether oxygens (including phenoxy) is 2. The van der Waals surface area contributed by atoms with E-state index in [0.29, 0.717) is 33.9 Å². The molecule has 0 aliphatic carbocycles. The standard InChI is InChI=1S/C17H15N5O5S/c18-14(23)7-22-16(12-2-1-5-25-12)20-21-17(22)28-8-15(24)19-10-3-4-11-13(6-10)27-9-26-11/h1-6H,7-9H2,(H2,18,23)(H,19,24). The van der Waals surface area contributed by atoms with Crippen LogP contribution in [-0.4, -0.2) is 39.1 Å². The van der Waals surface area contributed by atoms with Crippen LogP contribution in [0, 0.1) is 0 Å². The molecule has 0 saturated carbocycles. The number of benzene rings is 1. The third-order valence-corrected chi connectivity index (χ3v) is 4.73. The number of anilines is 1. The fourth-order valence-corrected chi connectivity index (χ4v) is 3.32. The fraction of sp³-hybridized carbons (Fsp3) is 0.176. The van der Waals surface area contributed by atoms with Gasteiger partial charge in [0.15, 0.2) is 22.4 Å².